The summed E-state index contributed by atoms with van der Waals surface area (Å²) in [5.41, 5.74) is 3.02. The lowest BCUT2D eigenvalue weighted by Gasteiger charge is -2.42. The standard InChI is InChI=1S/C22H28N4O3/c1-22(2,3)26-12-15-9-16(26)11-24(15)14-4-5-17-13(8-14)10-25(21(17)29)18-6-7-19(27)23-20(18)28/h4-5,8,15-16,18H,6-7,9-12H2,1-3H3,(H,23,27,28). The van der Waals surface area contributed by atoms with Crippen LogP contribution in [0.5, 0.6) is 0 Å². The van der Waals surface area contributed by atoms with Gasteiger partial charge in [-0.2, -0.15) is 0 Å². The summed E-state index contributed by atoms with van der Waals surface area (Å²) < 4.78 is 0. The normalized spacial score (nSPS) is 29.6. The second-order valence-electron chi connectivity index (χ2n) is 9.76. The van der Waals surface area contributed by atoms with Gasteiger partial charge in [0, 0.05) is 54.9 Å². The van der Waals surface area contributed by atoms with E-state index in [4.69, 9.17) is 0 Å². The maximum atomic E-state index is 12.9. The lowest BCUT2D eigenvalue weighted by molar-refractivity contribution is -0.136. The lowest BCUT2D eigenvalue weighted by Crippen LogP contribution is -2.53. The van der Waals surface area contributed by atoms with E-state index in [0.717, 1.165) is 18.7 Å². The van der Waals surface area contributed by atoms with E-state index in [1.54, 1.807) is 4.90 Å². The third-order valence-electron chi connectivity index (χ3n) is 6.94. The number of hydrogen-bond donors (Lipinski definition) is 1. The first kappa shape index (κ1) is 18.6. The molecule has 5 rings (SSSR count). The van der Waals surface area contributed by atoms with Crippen LogP contribution in [0, 0.1) is 0 Å². The van der Waals surface area contributed by atoms with E-state index in [9.17, 15) is 14.4 Å². The Balaban J connectivity index is 1.34. The summed E-state index contributed by atoms with van der Waals surface area (Å²) in [6, 6.07) is 6.62. The molecule has 4 heterocycles. The van der Waals surface area contributed by atoms with Crippen LogP contribution in [0.15, 0.2) is 18.2 Å². The lowest BCUT2D eigenvalue weighted by atomic mass is 10.0. The minimum absolute atomic E-state index is 0.108. The molecule has 3 saturated heterocycles. The highest BCUT2D eigenvalue weighted by Crippen LogP contribution is 2.39. The molecule has 0 aromatic heterocycles. The van der Waals surface area contributed by atoms with E-state index in [1.165, 1.54) is 12.1 Å². The molecule has 0 saturated carbocycles. The number of piperazine rings is 1. The number of imide groups is 1. The molecule has 154 valence electrons. The largest absolute Gasteiger partial charge is 0.366 e. The molecule has 3 fully saturated rings. The Morgan fingerprint density at radius 3 is 2.48 bits per heavy atom. The monoisotopic (exact) mass is 396 g/mol. The van der Waals surface area contributed by atoms with Crippen molar-refractivity contribution in [3.05, 3.63) is 29.3 Å². The first-order valence-electron chi connectivity index (χ1n) is 10.5. The van der Waals surface area contributed by atoms with Crippen molar-refractivity contribution < 1.29 is 14.4 Å². The van der Waals surface area contributed by atoms with Crippen LogP contribution in [0.3, 0.4) is 0 Å². The molecule has 0 spiro atoms. The molecule has 4 aliphatic rings. The minimum atomic E-state index is -0.556. The van der Waals surface area contributed by atoms with Gasteiger partial charge in [0.25, 0.3) is 5.91 Å². The number of nitrogens with zero attached hydrogens (tertiary/aromatic N) is 3. The summed E-state index contributed by atoms with van der Waals surface area (Å²) in [5.74, 6) is -0.726. The van der Waals surface area contributed by atoms with Crippen LogP contribution in [-0.4, -0.2) is 64.3 Å². The summed E-state index contributed by atoms with van der Waals surface area (Å²) in [6.45, 7) is 9.37. The van der Waals surface area contributed by atoms with Crippen molar-refractivity contribution in [1.29, 1.82) is 0 Å². The molecule has 3 unspecified atom stereocenters. The Hall–Kier alpha value is -2.41. The van der Waals surface area contributed by atoms with Gasteiger partial charge in [0.05, 0.1) is 0 Å². The topological polar surface area (TPSA) is 73.0 Å². The van der Waals surface area contributed by atoms with Gasteiger partial charge < -0.3 is 9.80 Å². The van der Waals surface area contributed by atoms with Gasteiger partial charge in [0.1, 0.15) is 6.04 Å². The number of hydrogen-bond acceptors (Lipinski definition) is 5. The Morgan fingerprint density at radius 1 is 1.03 bits per heavy atom. The van der Waals surface area contributed by atoms with Gasteiger partial charge in [-0.1, -0.05) is 0 Å². The Labute approximate surface area is 171 Å². The molecule has 3 atom stereocenters. The second-order valence-corrected chi connectivity index (χ2v) is 9.76. The third kappa shape index (κ3) is 2.94. The Bertz CT molecular complexity index is 906. The quantitative estimate of drug-likeness (QED) is 0.768. The van der Waals surface area contributed by atoms with Crippen LogP contribution >= 0.6 is 0 Å². The van der Waals surface area contributed by atoms with E-state index in [0.29, 0.717) is 30.6 Å². The van der Waals surface area contributed by atoms with E-state index < -0.39 is 6.04 Å². The predicted octanol–water partition coefficient (Wildman–Crippen LogP) is 1.51. The van der Waals surface area contributed by atoms with Crippen molar-refractivity contribution in [2.75, 3.05) is 18.0 Å². The molecular weight excluding hydrogens is 368 g/mol. The average molecular weight is 396 g/mol. The zero-order valence-corrected chi connectivity index (χ0v) is 17.3. The molecule has 3 amide bonds. The molecule has 7 nitrogen and oxygen atoms in total. The highest BCUT2D eigenvalue weighted by Gasteiger charge is 2.47. The fourth-order valence-corrected chi connectivity index (χ4v) is 5.54. The number of carbonyl (C=O) groups is 3. The van der Waals surface area contributed by atoms with E-state index in [2.05, 4.69) is 42.0 Å². The maximum Gasteiger partial charge on any atom is 0.255 e. The SMILES string of the molecule is CC(C)(C)N1CC2CC1CN2c1ccc2c(c1)CN(C1CCC(=O)NC1=O)C2=O. The highest BCUT2D eigenvalue weighted by molar-refractivity contribution is 6.05. The predicted molar refractivity (Wildman–Crippen MR) is 108 cm³/mol. The van der Waals surface area contributed by atoms with Crippen LogP contribution in [0.1, 0.15) is 56.0 Å². The number of benzene rings is 1. The number of likely N-dealkylation sites (tertiary alicyclic amines) is 1. The van der Waals surface area contributed by atoms with Crippen molar-refractivity contribution in [2.24, 2.45) is 0 Å². The van der Waals surface area contributed by atoms with Gasteiger partial charge >= 0.3 is 0 Å². The number of anilines is 1. The van der Waals surface area contributed by atoms with Crippen molar-refractivity contribution in [2.45, 2.75) is 70.2 Å². The molecule has 0 aliphatic carbocycles. The molecule has 4 aliphatic heterocycles. The van der Waals surface area contributed by atoms with Crippen LogP contribution in [0.25, 0.3) is 0 Å². The second kappa shape index (κ2) is 6.29. The summed E-state index contributed by atoms with van der Waals surface area (Å²) in [7, 11) is 0. The number of nitrogens with one attached hydrogen (secondary N) is 1. The molecule has 2 bridgehead atoms. The number of amides is 3. The molecular formula is C22H28N4O3. The van der Waals surface area contributed by atoms with E-state index >= 15 is 0 Å². The molecule has 1 aromatic rings. The molecule has 0 radical (unpaired) electrons. The van der Waals surface area contributed by atoms with Crippen molar-refractivity contribution in [3.63, 3.8) is 0 Å². The fraction of sp³-hybridized carbons (Fsp3) is 0.591. The van der Waals surface area contributed by atoms with Crippen molar-refractivity contribution >= 4 is 23.4 Å². The Morgan fingerprint density at radius 2 is 1.83 bits per heavy atom. The first-order chi connectivity index (χ1) is 13.7. The fourth-order valence-electron chi connectivity index (χ4n) is 5.54. The van der Waals surface area contributed by atoms with Crippen molar-refractivity contribution in [1.82, 2.24) is 15.1 Å². The van der Waals surface area contributed by atoms with Gasteiger partial charge in [-0.3, -0.25) is 24.6 Å². The minimum Gasteiger partial charge on any atom is -0.366 e. The van der Waals surface area contributed by atoms with Gasteiger partial charge in [-0.25, -0.2) is 0 Å². The summed E-state index contributed by atoms with van der Waals surface area (Å²) in [5, 5.41) is 2.36. The van der Waals surface area contributed by atoms with Crippen LogP contribution < -0.4 is 10.2 Å². The number of piperidine rings is 1. The zero-order valence-electron chi connectivity index (χ0n) is 17.3. The summed E-state index contributed by atoms with van der Waals surface area (Å²) in [4.78, 5) is 43.2. The van der Waals surface area contributed by atoms with E-state index in [1.807, 2.05) is 12.1 Å². The number of rotatable bonds is 2. The van der Waals surface area contributed by atoms with Crippen molar-refractivity contribution in [3.8, 4) is 0 Å². The van der Waals surface area contributed by atoms with Crippen LogP contribution in [0.2, 0.25) is 0 Å². The van der Waals surface area contributed by atoms with Gasteiger partial charge in [0.2, 0.25) is 11.8 Å². The number of carbonyl (C=O) groups excluding carboxylic acids is 3. The van der Waals surface area contributed by atoms with Crippen LogP contribution in [-0.2, 0) is 16.1 Å². The molecule has 29 heavy (non-hydrogen) atoms. The highest BCUT2D eigenvalue weighted by atomic mass is 16.2. The smallest absolute Gasteiger partial charge is 0.255 e. The summed E-state index contributed by atoms with van der Waals surface area (Å²) >= 11 is 0. The van der Waals surface area contributed by atoms with Gasteiger partial charge in [-0.15, -0.1) is 0 Å². The first-order valence-corrected chi connectivity index (χ1v) is 10.5. The average Bonchev–Trinajstić information content (AvgIpc) is 3.34. The van der Waals surface area contributed by atoms with Gasteiger partial charge in [-0.05, 0) is 57.4 Å². The Kier molecular flexibility index (Phi) is 4.04. The molecule has 1 N–H and O–H groups in total. The van der Waals surface area contributed by atoms with Gasteiger partial charge in [0.15, 0.2) is 0 Å². The maximum absolute atomic E-state index is 12.9. The number of fused-ring (bicyclic) bond motifs is 3. The van der Waals surface area contributed by atoms with E-state index in [-0.39, 0.29) is 29.7 Å². The van der Waals surface area contributed by atoms with Crippen LogP contribution in [0.4, 0.5) is 5.69 Å². The summed E-state index contributed by atoms with van der Waals surface area (Å²) in [6.07, 6.45) is 1.87. The third-order valence-corrected chi connectivity index (χ3v) is 6.94. The zero-order chi connectivity index (χ0) is 20.5. The molecule has 1 aromatic carbocycles. The molecule has 7 heteroatoms.